The lowest BCUT2D eigenvalue weighted by molar-refractivity contribution is -0.143. The second kappa shape index (κ2) is 13.0. The van der Waals surface area contributed by atoms with E-state index in [0.29, 0.717) is 13.0 Å². The number of fused-ring (bicyclic) bond motifs is 1. The Hall–Kier alpha value is -2.24. The molecule has 0 amide bonds. The van der Waals surface area contributed by atoms with Crippen LogP contribution in [-0.4, -0.2) is 44.8 Å². The van der Waals surface area contributed by atoms with E-state index in [4.69, 9.17) is 9.47 Å². The molecule has 1 aliphatic rings. The highest BCUT2D eigenvalue weighted by Gasteiger charge is 2.11. The minimum Gasteiger partial charge on any atom is -0.493 e. The van der Waals surface area contributed by atoms with Gasteiger partial charge in [-0.05, 0) is 50.3 Å². The molecule has 2 rings (SSSR count). The van der Waals surface area contributed by atoms with Crippen LogP contribution in [0.1, 0.15) is 57.1 Å². The molecule has 1 aromatic carbocycles. The van der Waals surface area contributed by atoms with Gasteiger partial charge in [-0.1, -0.05) is 25.0 Å². The van der Waals surface area contributed by atoms with E-state index in [0.717, 1.165) is 76.5 Å². The molecule has 0 saturated carbocycles. The van der Waals surface area contributed by atoms with E-state index in [1.54, 1.807) is 0 Å². The Labute approximate surface area is 169 Å². The molecule has 156 valence electrons. The second-order valence-corrected chi connectivity index (χ2v) is 6.95. The molecular weight excluding hydrogens is 354 g/mol. The molecule has 1 aliphatic heterocycles. The van der Waals surface area contributed by atoms with Gasteiger partial charge in [0.1, 0.15) is 5.75 Å². The molecule has 0 saturated heterocycles. The molecule has 2 N–H and O–H groups in total. The molecule has 0 atom stereocenters. The predicted octanol–water partition coefficient (Wildman–Crippen LogP) is 3.23. The van der Waals surface area contributed by atoms with Crippen molar-refractivity contribution in [1.29, 1.82) is 0 Å². The monoisotopic (exact) mass is 389 g/mol. The van der Waals surface area contributed by atoms with Gasteiger partial charge in [0.25, 0.3) is 0 Å². The molecule has 0 radical (unpaired) electrons. The number of hydrogen-bond donors (Lipinski definition) is 2. The van der Waals surface area contributed by atoms with Gasteiger partial charge in [0.15, 0.2) is 5.96 Å². The molecule has 0 fully saturated rings. The Bertz CT molecular complexity index is 631. The highest BCUT2D eigenvalue weighted by molar-refractivity contribution is 5.79. The Kier molecular flexibility index (Phi) is 10.3. The van der Waals surface area contributed by atoms with Crippen molar-refractivity contribution >= 4 is 11.9 Å². The van der Waals surface area contributed by atoms with Crippen LogP contribution in [0.25, 0.3) is 0 Å². The summed E-state index contributed by atoms with van der Waals surface area (Å²) in [5.41, 5.74) is 2.65. The van der Waals surface area contributed by atoms with Gasteiger partial charge in [0.05, 0.1) is 13.2 Å². The molecule has 0 spiro atoms. The molecule has 1 heterocycles. The van der Waals surface area contributed by atoms with Crippen molar-refractivity contribution in [2.75, 3.05) is 32.8 Å². The number of nitrogens with zero attached hydrogens (tertiary/aromatic N) is 1. The summed E-state index contributed by atoms with van der Waals surface area (Å²) in [5.74, 6) is 1.82. The van der Waals surface area contributed by atoms with Gasteiger partial charge in [-0.15, -0.1) is 0 Å². The van der Waals surface area contributed by atoms with Crippen molar-refractivity contribution in [3.05, 3.63) is 29.3 Å². The van der Waals surface area contributed by atoms with Crippen LogP contribution in [0.5, 0.6) is 5.75 Å². The number of nitrogens with one attached hydrogen (secondary N) is 2. The summed E-state index contributed by atoms with van der Waals surface area (Å²) in [4.78, 5) is 15.9. The van der Waals surface area contributed by atoms with Gasteiger partial charge < -0.3 is 20.1 Å². The minimum absolute atomic E-state index is 0.0879. The third-order valence-electron chi connectivity index (χ3n) is 4.67. The van der Waals surface area contributed by atoms with Crippen LogP contribution in [-0.2, 0) is 22.4 Å². The lowest BCUT2D eigenvalue weighted by atomic mass is 10.1. The minimum atomic E-state index is -0.0879. The second-order valence-electron chi connectivity index (χ2n) is 6.95. The van der Waals surface area contributed by atoms with Crippen LogP contribution in [0.15, 0.2) is 23.2 Å². The van der Waals surface area contributed by atoms with Crippen molar-refractivity contribution in [3.63, 3.8) is 0 Å². The zero-order valence-electron chi connectivity index (χ0n) is 17.4. The maximum absolute atomic E-state index is 11.3. The number of benzene rings is 1. The Morgan fingerprint density at radius 3 is 2.86 bits per heavy atom. The van der Waals surface area contributed by atoms with Crippen molar-refractivity contribution in [1.82, 2.24) is 10.6 Å². The fourth-order valence-electron chi connectivity index (χ4n) is 3.22. The first-order valence-corrected chi connectivity index (χ1v) is 10.6. The topological polar surface area (TPSA) is 72.0 Å². The number of aliphatic imine (C=N–C) groups is 1. The number of unbranched alkanes of at least 4 members (excludes halogenated alkanes) is 3. The number of hydrogen-bond acceptors (Lipinski definition) is 4. The highest BCUT2D eigenvalue weighted by Crippen LogP contribution is 2.25. The Morgan fingerprint density at radius 1 is 1.18 bits per heavy atom. The summed E-state index contributed by atoms with van der Waals surface area (Å²) in [6, 6.07) is 6.48. The van der Waals surface area contributed by atoms with E-state index in [2.05, 4.69) is 40.7 Å². The summed E-state index contributed by atoms with van der Waals surface area (Å²) >= 11 is 0. The normalized spacial score (nSPS) is 13.0. The SMILES string of the molecule is CCNC(=NCCCCCCC(=O)OCC)NCCc1ccc2c(c1)CCO2. The molecule has 0 unspecified atom stereocenters. The molecule has 6 nitrogen and oxygen atoms in total. The van der Waals surface area contributed by atoms with E-state index in [1.165, 1.54) is 11.1 Å². The number of esters is 1. The van der Waals surface area contributed by atoms with Crippen LogP contribution in [0.2, 0.25) is 0 Å². The van der Waals surface area contributed by atoms with E-state index in [-0.39, 0.29) is 5.97 Å². The molecule has 0 aromatic heterocycles. The zero-order valence-corrected chi connectivity index (χ0v) is 17.4. The molecule has 0 aliphatic carbocycles. The summed E-state index contributed by atoms with van der Waals surface area (Å²) in [5, 5.41) is 6.71. The number of rotatable bonds is 12. The third-order valence-corrected chi connectivity index (χ3v) is 4.67. The van der Waals surface area contributed by atoms with Gasteiger partial charge in [0, 0.05) is 32.5 Å². The lowest BCUT2D eigenvalue weighted by Crippen LogP contribution is -2.38. The molecule has 0 bridgehead atoms. The van der Waals surface area contributed by atoms with Crippen LogP contribution >= 0.6 is 0 Å². The first-order chi connectivity index (χ1) is 13.7. The van der Waals surface area contributed by atoms with Crippen LogP contribution in [0.3, 0.4) is 0 Å². The number of carbonyl (C=O) groups is 1. The zero-order chi connectivity index (χ0) is 20.0. The number of carbonyl (C=O) groups excluding carboxylic acids is 1. The molecule has 1 aromatic rings. The quantitative estimate of drug-likeness (QED) is 0.249. The van der Waals surface area contributed by atoms with Crippen LogP contribution in [0.4, 0.5) is 0 Å². The summed E-state index contributed by atoms with van der Waals surface area (Å²) < 4.78 is 10.5. The largest absolute Gasteiger partial charge is 0.493 e. The van der Waals surface area contributed by atoms with Crippen molar-refractivity contribution in [2.45, 2.75) is 58.8 Å². The molecule has 6 heteroatoms. The van der Waals surface area contributed by atoms with E-state index < -0.39 is 0 Å². The number of ether oxygens (including phenoxy) is 2. The van der Waals surface area contributed by atoms with Gasteiger partial charge in [0.2, 0.25) is 0 Å². The van der Waals surface area contributed by atoms with Gasteiger partial charge in [-0.3, -0.25) is 9.79 Å². The van der Waals surface area contributed by atoms with Crippen LogP contribution < -0.4 is 15.4 Å². The Balaban J connectivity index is 1.61. The first kappa shape index (κ1) is 22.1. The molecular formula is C22H35N3O3. The summed E-state index contributed by atoms with van der Waals surface area (Å²) in [6.07, 6.45) is 6.55. The Morgan fingerprint density at radius 2 is 2.04 bits per heavy atom. The van der Waals surface area contributed by atoms with E-state index in [1.807, 2.05) is 6.92 Å². The van der Waals surface area contributed by atoms with Crippen LogP contribution in [0, 0.1) is 0 Å². The highest BCUT2D eigenvalue weighted by atomic mass is 16.5. The van der Waals surface area contributed by atoms with Gasteiger partial charge in [-0.2, -0.15) is 0 Å². The standard InChI is InChI=1S/C22H35N3O3/c1-3-23-22(24-14-8-6-5-7-9-21(26)27-4-2)25-15-12-18-10-11-20-19(17-18)13-16-28-20/h10-11,17H,3-9,12-16H2,1-2H3,(H2,23,24,25). The van der Waals surface area contributed by atoms with E-state index in [9.17, 15) is 4.79 Å². The maximum atomic E-state index is 11.3. The average molecular weight is 390 g/mol. The number of guanidine groups is 1. The van der Waals surface area contributed by atoms with Crippen molar-refractivity contribution in [2.24, 2.45) is 4.99 Å². The summed E-state index contributed by atoms with van der Waals surface area (Å²) in [6.45, 7) is 7.68. The van der Waals surface area contributed by atoms with Crippen molar-refractivity contribution < 1.29 is 14.3 Å². The van der Waals surface area contributed by atoms with Gasteiger partial charge >= 0.3 is 5.97 Å². The first-order valence-electron chi connectivity index (χ1n) is 10.6. The lowest BCUT2D eigenvalue weighted by Gasteiger charge is -2.11. The molecule has 28 heavy (non-hydrogen) atoms. The smallest absolute Gasteiger partial charge is 0.305 e. The van der Waals surface area contributed by atoms with Crippen molar-refractivity contribution in [3.8, 4) is 5.75 Å². The predicted molar refractivity (Wildman–Crippen MR) is 113 cm³/mol. The van der Waals surface area contributed by atoms with Gasteiger partial charge in [-0.25, -0.2) is 0 Å². The summed E-state index contributed by atoms with van der Waals surface area (Å²) in [7, 11) is 0. The fraction of sp³-hybridized carbons (Fsp3) is 0.636. The van der Waals surface area contributed by atoms with E-state index >= 15 is 0 Å². The maximum Gasteiger partial charge on any atom is 0.305 e. The fourth-order valence-corrected chi connectivity index (χ4v) is 3.22. The average Bonchev–Trinajstić information content (AvgIpc) is 3.15. The third kappa shape index (κ3) is 8.19.